The molecule has 116 valence electrons. The van der Waals surface area contributed by atoms with Gasteiger partial charge in [0.1, 0.15) is 11.6 Å². The van der Waals surface area contributed by atoms with E-state index in [1.54, 1.807) is 12.1 Å². The fourth-order valence-electron chi connectivity index (χ4n) is 2.06. The van der Waals surface area contributed by atoms with E-state index in [1.807, 2.05) is 36.4 Å². The zero-order chi connectivity index (χ0) is 16.2. The number of fused-ring (bicyclic) bond motifs is 1. The van der Waals surface area contributed by atoms with Crippen molar-refractivity contribution in [1.82, 2.24) is 4.98 Å². The highest BCUT2D eigenvalue weighted by Crippen LogP contribution is 2.24. The lowest BCUT2D eigenvalue weighted by Crippen LogP contribution is -2.20. The van der Waals surface area contributed by atoms with E-state index in [2.05, 4.69) is 26.2 Å². The molecular weight excluding hydrogens is 380 g/mol. The second kappa shape index (κ2) is 6.98. The van der Waals surface area contributed by atoms with Crippen molar-refractivity contribution in [2.45, 2.75) is 0 Å². The summed E-state index contributed by atoms with van der Waals surface area (Å²) in [5, 5.41) is 5.31. The summed E-state index contributed by atoms with van der Waals surface area (Å²) in [7, 11) is 0. The molecule has 4 nitrogen and oxygen atoms in total. The molecule has 1 heterocycles. The fraction of sp³-hybridized carbons (Fsp3) is 0.0588. The monoisotopic (exact) mass is 390 g/mol. The average molecular weight is 392 g/mol. The molecule has 0 radical (unpaired) electrons. The molecule has 1 aromatic heterocycles. The Bertz CT molecular complexity index is 853. The number of benzene rings is 2. The van der Waals surface area contributed by atoms with Gasteiger partial charge < -0.3 is 10.1 Å². The molecule has 1 amide bonds. The Balaban J connectivity index is 1.62. The maximum Gasteiger partial charge on any atom is 0.263 e. The smallest absolute Gasteiger partial charge is 0.263 e. The summed E-state index contributed by atoms with van der Waals surface area (Å²) in [5.74, 6) is 0.793. The first-order chi connectivity index (χ1) is 11.1. The number of aromatic nitrogens is 1. The van der Waals surface area contributed by atoms with Crippen molar-refractivity contribution >= 4 is 50.0 Å². The lowest BCUT2D eigenvalue weighted by atomic mass is 10.1. The number of hydrogen-bond acceptors (Lipinski definition) is 3. The molecule has 23 heavy (non-hydrogen) atoms. The van der Waals surface area contributed by atoms with E-state index in [1.165, 1.54) is 6.20 Å². The summed E-state index contributed by atoms with van der Waals surface area (Å²) in [6.45, 7) is -0.0909. The Hall–Kier alpha value is -2.11. The first-order valence-electron chi connectivity index (χ1n) is 6.84. The molecule has 0 saturated heterocycles. The van der Waals surface area contributed by atoms with Crippen LogP contribution in [-0.4, -0.2) is 17.5 Å². The van der Waals surface area contributed by atoms with Crippen LogP contribution < -0.4 is 10.1 Å². The Morgan fingerprint density at radius 1 is 1.13 bits per heavy atom. The SMILES string of the molecule is O=C(COc1ccc2cc(Br)ccc2c1)Nc1ccc(Cl)cn1. The van der Waals surface area contributed by atoms with Crippen LogP contribution in [0, 0.1) is 0 Å². The van der Waals surface area contributed by atoms with Crippen LogP contribution in [0.1, 0.15) is 0 Å². The van der Waals surface area contributed by atoms with Crippen molar-refractivity contribution in [2.75, 3.05) is 11.9 Å². The standard InChI is InChI=1S/C17H12BrClN2O2/c18-13-3-1-12-8-15(5-2-11(12)7-13)23-10-17(22)21-16-6-4-14(19)9-20-16/h1-9H,10H2,(H,20,21,22). The number of rotatable bonds is 4. The van der Waals surface area contributed by atoms with E-state index in [0.29, 0.717) is 16.6 Å². The Labute approximate surface area is 146 Å². The van der Waals surface area contributed by atoms with Gasteiger partial charge >= 0.3 is 0 Å². The lowest BCUT2D eigenvalue weighted by molar-refractivity contribution is -0.118. The van der Waals surface area contributed by atoms with Gasteiger partial charge in [-0.2, -0.15) is 0 Å². The molecule has 0 unspecified atom stereocenters. The van der Waals surface area contributed by atoms with E-state index in [9.17, 15) is 4.79 Å². The maximum absolute atomic E-state index is 11.9. The van der Waals surface area contributed by atoms with Gasteiger partial charge in [0.05, 0.1) is 5.02 Å². The van der Waals surface area contributed by atoms with Crippen LogP contribution in [0.25, 0.3) is 10.8 Å². The Morgan fingerprint density at radius 3 is 2.70 bits per heavy atom. The van der Waals surface area contributed by atoms with Crippen molar-refractivity contribution in [3.63, 3.8) is 0 Å². The highest BCUT2D eigenvalue weighted by Gasteiger charge is 2.05. The van der Waals surface area contributed by atoms with Crippen molar-refractivity contribution in [3.05, 3.63) is 64.2 Å². The van der Waals surface area contributed by atoms with E-state index in [-0.39, 0.29) is 12.5 Å². The van der Waals surface area contributed by atoms with Gasteiger partial charge in [0, 0.05) is 10.7 Å². The number of ether oxygens (including phenoxy) is 1. The third-order valence-electron chi connectivity index (χ3n) is 3.14. The quantitative estimate of drug-likeness (QED) is 0.703. The molecule has 0 aliphatic rings. The summed E-state index contributed by atoms with van der Waals surface area (Å²) >= 11 is 9.18. The number of carbonyl (C=O) groups excluding carboxylic acids is 1. The number of anilines is 1. The van der Waals surface area contributed by atoms with Gasteiger partial charge in [-0.05, 0) is 47.2 Å². The van der Waals surface area contributed by atoms with Gasteiger partial charge in [-0.15, -0.1) is 0 Å². The highest BCUT2D eigenvalue weighted by atomic mass is 79.9. The van der Waals surface area contributed by atoms with Gasteiger partial charge in [-0.1, -0.05) is 39.7 Å². The van der Waals surface area contributed by atoms with Crippen molar-refractivity contribution in [1.29, 1.82) is 0 Å². The number of nitrogens with one attached hydrogen (secondary N) is 1. The zero-order valence-electron chi connectivity index (χ0n) is 11.9. The summed E-state index contributed by atoms with van der Waals surface area (Å²) in [6, 6.07) is 15.0. The van der Waals surface area contributed by atoms with Crippen LogP contribution in [-0.2, 0) is 4.79 Å². The molecule has 6 heteroatoms. The number of halogens is 2. The molecule has 0 fully saturated rings. The fourth-order valence-corrected chi connectivity index (χ4v) is 2.55. The van der Waals surface area contributed by atoms with Crippen LogP contribution in [0.2, 0.25) is 5.02 Å². The molecule has 0 saturated carbocycles. The molecular formula is C17H12BrClN2O2. The first kappa shape index (κ1) is 15.8. The minimum absolute atomic E-state index is 0.0909. The maximum atomic E-state index is 11.9. The minimum atomic E-state index is -0.282. The highest BCUT2D eigenvalue weighted by molar-refractivity contribution is 9.10. The second-order valence-corrected chi connectivity index (χ2v) is 6.20. The van der Waals surface area contributed by atoms with Crippen LogP contribution in [0.4, 0.5) is 5.82 Å². The van der Waals surface area contributed by atoms with Gasteiger partial charge in [0.2, 0.25) is 0 Å². The lowest BCUT2D eigenvalue weighted by Gasteiger charge is -2.08. The predicted octanol–water partition coefficient (Wildman–Crippen LogP) is 4.67. The number of carbonyl (C=O) groups is 1. The molecule has 3 aromatic rings. The molecule has 3 rings (SSSR count). The van der Waals surface area contributed by atoms with E-state index >= 15 is 0 Å². The Morgan fingerprint density at radius 2 is 1.91 bits per heavy atom. The Kier molecular flexibility index (Phi) is 4.79. The number of amides is 1. The largest absolute Gasteiger partial charge is 0.484 e. The van der Waals surface area contributed by atoms with E-state index < -0.39 is 0 Å². The van der Waals surface area contributed by atoms with Gasteiger partial charge in [0.25, 0.3) is 5.91 Å². The second-order valence-electron chi connectivity index (χ2n) is 4.85. The van der Waals surface area contributed by atoms with Crippen LogP contribution in [0.5, 0.6) is 5.75 Å². The van der Waals surface area contributed by atoms with Crippen LogP contribution >= 0.6 is 27.5 Å². The summed E-state index contributed by atoms with van der Waals surface area (Å²) in [4.78, 5) is 15.9. The average Bonchev–Trinajstić information content (AvgIpc) is 2.55. The summed E-state index contributed by atoms with van der Waals surface area (Å²) in [6.07, 6.45) is 1.47. The third kappa shape index (κ3) is 4.21. The van der Waals surface area contributed by atoms with Gasteiger partial charge in [0.15, 0.2) is 6.61 Å². The van der Waals surface area contributed by atoms with Crippen molar-refractivity contribution < 1.29 is 9.53 Å². The van der Waals surface area contributed by atoms with Gasteiger partial charge in [-0.3, -0.25) is 4.79 Å². The molecule has 0 spiro atoms. The molecule has 0 aliphatic heterocycles. The molecule has 1 N–H and O–H groups in total. The van der Waals surface area contributed by atoms with E-state index in [4.69, 9.17) is 16.3 Å². The minimum Gasteiger partial charge on any atom is -0.484 e. The number of pyridine rings is 1. The third-order valence-corrected chi connectivity index (χ3v) is 3.86. The van der Waals surface area contributed by atoms with Crippen molar-refractivity contribution in [3.8, 4) is 5.75 Å². The molecule has 0 atom stereocenters. The molecule has 2 aromatic carbocycles. The summed E-state index contributed by atoms with van der Waals surface area (Å²) < 4.78 is 6.55. The zero-order valence-corrected chi connectivity index (χ0v) is 14.3. The molecule has 0 bridgehead atoms. The van der Waals surface area contributed by atoms with Crippen LogP contribution in [0.3, 0.4) is 0 Å². The first-order valence-corrected chi connectivity index (χ1v) is 8.01. The van der Waals surface area contributed by atoms with Crippen LogP contribution in [0.15, 0.2) is 59.2 Å². The number of hydrogen-bond donors (Lipinski definition) is 1. The number of nitrogens with zero attached hydrogens (tertiary/aromatic N) is 1. The summed E-state index contributed by atoms with van der Waals surface area (Å²) in [5.41, 5.74) is 0. The molecule has 0 aliphatic carbocycles. The van der Waals surface area contributed by atoms with Gasteiger partial charge in [-0.25, -0.2) is 4.98 Å². The predicted molar refractivity (Wildman–Crippen MR) is 95.0 cm³/mol. The van der Waals surface area contributed by atoms with E-state index in [0.717, 1.165) is 15.2 Å². The van der Waals surface area contributed by atoms with Crippen molar-refractivity contribution in [2.24, 2.45) is 0 Å². The topological polar surface area (TPSA) is 51.2 Å². The normalized spacial score (nSPS) is 10.5.